The minimum Gasteiger partial charge on any atom is -0.375 e. The van der Waals surface area contributed by atoms with E-state index in [0.717, 1.165) is 26.1 Å². The molecule has 1 saturated heterocycles. The van der Waals surface area contributed by atoms with Crippen LogP contribution in [0.15, 0.2) is 30.8 Å². The third kappa shape index (κ3) is 2.67. The second-order valence-electron chi connectivity index (χ2n) is 3.80. The Kier molecular flexibility index (Phi) is 3.54. The van der Waals surface area contributed by atoms with Gasteiger partial charge in [0.2, 0.25) is 0 Å². The first kappa shape index (κ1) is 10.4. The van der Waals surface area contributed by atoms with E-state index in [1.807, 2.05) is 12.1 Å². The summed E-state index contributed by atoms with van der Waals surface area (Å²) in [6.07, 6.45) is 3.18. The summed E-state index contributed by atoms with van der Waals surface area (Å²) in [5.41, 5.74) is 2.54. The molecule has 0 saturated carbocycles. The van der Waals surface area contributed by atoms with Crippen LogP contribution in [0, 0.1) is 0 Å². The number of morpholine rings is 1. The van der Waals surface area contributed by atoms with E-state index in [1.54, 1.807) is 0 Å². The van der Waals surface area contributed by atoms with E-state index in [4.69, 9.17) is 4.74 Å². The lowest BCUT2D eigenvalue weighted by atomic mass is 10.0. The molecule has 0 bridgehead atoms. The van der Waals surface area contributed by atoms with Crippen LogP contribution in [0.2, 0.25) is 0 Å². The van der Waals surface area contributed by atoms with Crippen molar-refractivity contribution in [3.05, 3.63) is 42.0 Å². The first-order valence-electron chi connectivity index (χ1n) is 5.43. The molecule has 80 valence electrons. The second kappa shape index (κ2) is 5.10. The molecule has 1 N–H and O–H groups in total. The van der Waals surface area contributed by atoms with Gasteiger partial charge in [-0.05, 0) is 11.1 Å². The third-order valence-corrected chi connectivity index (χ3v) is 2.73. The van der Waals surface area contributed by atoms with Crippen LogP contribution in [0.1, 0.15) is 11.1 Å². The molecule has 1 unspecified atom stereocenters. The summed E-state index contributed by atoms with van der Waals surface area (Å²) in [6.45, 7) is 6.57. The Morgan fingerprint density at radius 2 is 2.33 bits per heavy atom. The molecule has 0 aliphatic carbocycles. The average molecular weight is 203 g/mol. The molecule has 0 spiro atoms. The summed E-state index contributed by atoms with van der Waals surface area (Å²) >= 11 is 0. The van der Waals surface area contributed by atoms with Gasteiger partial charge in [0.25, 0.3) is 0 Å². The smallest absolute Gasteiger partial charge is 0.0740 e. The number of rotatable bonds is 3. The highest BCUT2D eigenvalue weighted by Crippen LogP contribution is 2.14. The molecule has 1 aliphatic rings. The van der Waals surface area contributed by atoms with Crippen molar-refractivity contribution in [3.63, 3.8) is 0 Å². The van der Waals surface area contributed by atoms with Crippen molar-refractivity contribution in [2.75, 3.05) is 19.7 Å². The Labute approximate surface area is 91.0 Å². The number of ether oxygens (including phenoxy) is 1. The maximum atomic E-state index is 5.68. The summed E-state index contributed by atoms with van der Waals surface area (Å²) in [5.74, 6) is 0. The zero-order valence-corrected chi connectivity index (χ0v) is 8.91. The first-order chi connectivity index (χ1) is 7.40. The lowest BCUT2D eigenvalue weighted by molar-refractivity contribution is 0.0292. The molecule has 1 atom stereocenters. The summed E-state index contributed by atoms with van der Waals surface area (Å²) < 4.78 is 5.68. The quantitative estimate of drug-likeness (QED) is 0.809. The van der Waals surface area contributed by atoms with Crippen LogP contribution in [0.4, 0.5) is 0 Å². The van der Waals surface area contributed by atoms with Crippen molar-refractivity contribution in [1.29, 1.82) is 0 Å². The number of hydrogen-bond donors (Lipinski definition) is 1. The predicted octanol–water partition coefficient (Wildman–Crippen LogP) is 1.86. The Morgan fingerprint density at radius 1 is 1.47 bits per heavy atom. The van der Waals surface area contributed by atoms with Gasteiger partial charge in [0.15, 0.2) is 0 Å². The molecule has 0 radical (unpaired) electrons. The molecule has 1 aliphatic heterocycles. The van der Waals surface area contributed by atoms with Crippen molar-refractivity contribution < 1.29 is 4.74 Å². The molecular formula is C13H17NO. The van der Waals surface area contributed by atoms with Gasteiger partial charge in [0, 0.05) is 19.5 Å². The molecule has 0 amide bonds. The Morgan fingerprint density at radius 3 is 3.07 bits per heavy atom. The normalized spacial score (nSPS) is 21.2. The van der Waals surface area contributed by atoms with Gasteiger partial charge < -0.3 is 10.1 Å². The van der Waals surface area contributed by atoms with Crippen LogP contribution in [0.25, 0.3) is 6.08 Å². The molecule has 15 heavy (non-hydrogen) atoms. The van der Waals surface area contributed by atoms with Gasteiger partial charge in [0.1, 0.15) is 0 Å². The zero-order chi connectivity index (χ0) is 10.5. The fourth-order valence-electron chi connectivity index (χ4n) is 1.92. The minimum atomic E-state index is 0.305. The highest BCUT2D eigenvalue weighted by atomic mass is 16.5. The van der Waals surface area contributed by atoms with Gasteiger partial charge in [-0.15, -0.1) is 0 Å². The van der Waals surface area contributed by atoms with Crippen LogP contribution in [0.3, 0.4) is 0 Å². The summed E-state index contributed by atoms with van der Waals surface area (Å²) in [7, 11) is 0. The summed E-state index contributed by atoms with van der Waals surface area (Å²) in [6, 6.07) is 8.35. The maximum Gasteiger partial charge on any atom is 0.0740 e. The van der Waals surface area contributed by atoms with Gasteiger partial charge in [-0.2, -0.15) is 0 Å². The van der Waals surface area contributed by atoms with Crippen LogP contribution in [-0.4, -0.2) is 25.8 Å². The SMILES string of the molecule is C=Cc1ccccc1CC1CNCCO1. The zero-order valence-electron chi connectivity index (χ0n) is 8.91. The lowest BCUT2D eigenvalue weighted by Crippen LogP contribution is -2.39. The van der Waals surface area contributed by atoms with E-state index >= 15 is 0 Å². The monoisotopic (exact) mass is 203 g/mol. The Bertz CT molecular complexity index is 329. The number of hydrogen-bond acceptors (Lipinski definition) is 2. The van der Waals surface area contributed by atoms with Crippen molar-refractivity contribution >= 4 is 6.08 Å². The third-order valence-electron chi connectivity index (χ3n) is 2.73. The van der Waals surface area contributed by atoms with Crippen molar-refractivity contribution in [2.24, 2.45) is 0 Å². The van der Waals surface area contributed by atoms with Gasteiger partial charge in [-0.1, -0.05) is 36.9 Å². The highest BCUT2D eigenvalue weighted by Gasteiger charge is 2.14. The average Bonchev–Trinajstić information content (AvgIpc) is 2.31. The van der Waals surface area contributed by atoms with E-state index in [0.29, 0.717) is 6.10 Å². The van der Waals surface area contributed by atoms with Gasteiger partial charge in [-0.25, -0.2) is 0 Å². The standard InChI is InChI=1S/C13H17NO/c1-2-11-5-3-4-6-12(11)9-13-10-14-7-8-15-13/h2-6,13-14H,1,7-10H2. The van der Waals surface area contributed by atoms with Crippen molar-refractivity contribution in [3.8, 4) is 0 Å². The van der Waals surface area contributed by atoms with Crippen molar-refractivity contribution in [1.82, 2.24) is 5.32 Å². The molecule has 0 aromatic heterocycles. The number of nitrogens with one attached hydrogen (secondary N) is 1. The fourth-order valence-corrected chi connectivity index (χ4v) is 1.92. The van der Waals surface area contributed by atoms with Gasteiger partial charge in [-0.3, -0.25) is 0 Å². The van der Waals surface area contributed by atoms with E-state index < -0.39 is 0 Å². The van der Waals surface area contributed by atoms with E-state index in [1.165, 1.54) is 11.1 Å². The Hall–Kier alpha value is -1.12. The minimum absolute atomic E-state index is 0.305. The lowest BCUT2D eigenvalue weighted by Gasteiger charge is -2.24. The predicted molar refractivity (Wildman–Crippen MR) is 62.8 cm³/mol. The Balaban J connectivity index is 2.05. The first-order valence-corrected chi connectivity index (χ1v) is 5.43. The molecular weight excluding hydrogens is 186 g/mol. The van der Waals surface area contributed by atoms with Crippen LogP contribution in [0.5, 0.6) is 0 Å². The molecule has 1 aromatic rings. The molecule has 2 heteroatoms. The van der Waals surface area contributed by atoms with E-state index in [-0.39, 0.29) is 0 Å². The van der Waals surface area contributed by atoms with E-state index in [2.05, 4.69) is 30.1 Å². The van der Waals surface area contributed by atoms with Crippen LogP contribution >= 0.6 is 0 Å². The molecule has 2 nitrogen and oxygen atoms in total. The largest absolute Gasteiger partial charge is 0.375 e. The van der Waals surface area contributed by atoms with Crippen LogP contribution in [-0.2, 0) is 11.2 Å². The second-order valence-corrected chi connectivity index (χ2v) is 3.80. The van der Waals surface area contributed by atoms with Crippen molar-refractivity contribution in [2.45, 2.75) is 12.5 Å². The highest BCUT2D eigenvalue weighted by molar-refractivity contribution is 5.51. The van der Waals surface area contributed by atoms with Crippen LogP contribution < -0.4 is 5.32 Å². The van der Waals surface area contributed by atoms with Gasteiger partial charge >= 0.3 is 0 Å². The summed E-state index contributed by atoms with van der Waals surface area (Å²) in [4.78, 5) is 0. The van der Waals surface area contributed by atoms with Gasteiger partial charge in [0.05, 0.1) is 12.7 Å². The topological polar surface area (TPSA) is 21.3 Å². The summed E-state index contributed by atoms with van der Waals surface area (Å²) in [5, 5.41) is 3.34. The molecule has 2 rings (SSSR count). The number of benzene rings is 1. The molecule has 1 heterocycles. The van der Waals surface area contributed by atoms with E-state index in [9.17, 15) is 0 Å². The fraction of sp³-hybridized carbons (Fsp3) is 0.385. The maximum absolute atomic E-state index is 5.68. The molecule has 1 fully saturated rings. The molecule has 1 aromatic carbocycles.